The molecule has 0 aliphatic carbocycles. The molecule has 22 heavy (non-hydrogen) atoms. The Morgan fingerprint density at radius 1 is 1.18 bits per heavy atom. The number of anilines is 1. The van der Waals surface area contributed by atoms with E-state index in [9.17, 15) is 9.59 Å². The number of carbonyl (C=O) groups excluding carboxylic acids is 2. The lowest BCUT2D eigenvalue weighted by molar-refractivity contribution is -0.137. The van der Waals surface area contributed by atoms with Gasteiger partial charge in [-0.1, -0.05) is 26.0 Å². The maximum Gasteiger partial charge on any atom is 0.227 e. The molecule has 1 aliphatic heterocycles. The molecule has 0 spiro atoms. The van der Waals surface area contributed by atoms with Gasteiger partial charge in [0.15, 0.2) is 0 Å². The Balaban J connectivity index is 1.93. The Kier molecular flexibility index (Phi) is 5.22. The third-order valence-electron chi connectivity index (χ3n) is 4.53. The Hall–Kier alpha value is -1.84. The van der Waals surface area contributed by atoms with Crippen molar-refractivity contribution >= 4 is 17.5 Å². The first-order valence-corrected chi connectivity index (χ1v) is 8.06. The van der Waals surface area contributed by atoms with Gasteiger partial charge in [0.05, 0.1) is 0 Å². The predicted octanol–water partition coefficient (Wildman–Crippen LogP) is 3.14. The molecule has 1 saturated heterocycles. The van der Waals surface area contributed by atoms with Gasteiger partial charge < -0.3 is 10.2 Å². The van der Waals surface area contributed by atoms with Crippen molar-refractivity contribution < 1.29 is 9.59 Å². The highest BCUT2D eigenvalue weighted by molar-refractivity contribution is 5.93. The van der Waals surface area contributed by atoms with E-state index in [2.05, 4.69) is 5.32 Å². The zero-order valence-electron chi connectivity index (χ0n) is 14.0. The zero-order valence-corrected chi connectivity index (χ0v) is 14.0. The van der Waals surface area contributed by atoms with Gasteiger partial charge in [-0.3, -0.25) is 9.59 Å². The summed E-state index contributed by atoms with van der Waals surface area (Å²) in [5.74, 6) is 0.287. The Bertz CT molecular complexity index is 558. The number of nitrogens with zero attached hydrogens (tertiary/aromatic N) is 1. The van der Waals surface area contributed by atoms with Crippen LogP contribution in [0.25, 0.3) is 0 Å². The smallest absolute Gasteiger partial charge is 0.227 e. The summed E-state index contributed by atoms with van der Waals surface area (Å²) in [5.41, 5.74) is 3.18. The first-order valence-electron chi connectivity index (χ1n) is 8.06. The largest absolute Gasteiger partial charge is 0.342 e. The van der Waals surface area contributed by atoms with Gasteiger partial charge in [-0.2, -0.15) is 0 Å². The van der Waals surface area contributed by atoms with Crippen LogP contribution in [-0.4, -0.2) is 29.8 Å². The molecule has 1 N–H and O–H groups in total. The van der Waals surface area contributed by atoms with Crippen molar-refractivity contribution in [3.05, 3.63) is 29.3 Å². The maximum atomic E-state index is 12.4. The molecular formula is C18H26N2O2. The van der Waals surface area contributed by atoms with Crippen LogP contribution in [0.15, 0.2) is 18.2 Å². The molecule has 0 saturated carbocycles. The molecule has 2 amide bonds. The number of likely N-dealkylation sites (tertiary alicyclic amines) is 1. The third-order valence-corrected chi connectivity index (χ3v) is 4.53. The number of hydrogen-bond donors (Lipinski definition) is 1. The summed E-state index contributed by atoms with van der Waals surface area (Å²) in [4.78, 5) is 26.3. The molecule has 0 radical (unpaired) electrons. The van der Waals surface area contributed by atoms with E-state index in [1.807, 2.05) is 50.8 Å². The van der Waals surface area contributed by atoms with E-state index in [0.717, 1.165) is 24.1 Å². The summed E-state index contributed by atoms with van der Waals surface area (Å²) in [6, 6.07) is 5.94. The molecule has 120 valence electrons. The van der Waals surface area contributed by atoms with Crippen molar-refractivity contribution in [2.24, 2.45) is 11.8 Å². The summed E-state index contributed by atoms with van der Waals surface area (Å²) in [5, 5.41) is 3.05. The lowest BCUT2D eigenvalue weighted by Crippen LogP contribution is -2.43. The zero-order chi connectivity index (χ0) is 16.3. The fourth-order valence-electron chi connectivity index (χ4n) is 2.85. The topological polar surface area (TPSA) is 49.4 Å². The van der Waals surface area contributed by atoms with Crippen molar-refractivity contribution in [1.82, 2.24) is 4.90 Å². The normalized spacial score (nSPS) is 16.0. The van der Waals surface area contributed by atoms with Crippen molar-refractivity contribution in [2.75, 3.05) is 18.4 Å². The Morgan fingerprint density at radius 2 is 1.82 bits per heavy atom. The molecule has 4 nitrogen and oxygen atoms in total. The Morgan fingerprint density at radius 3 is 2.41 bits per heavy atom. The third kappa shape index (κ3) is 3.67. The lowest BCUT2D eigenvalue weighted by Gasteiger charge is -2.32. The fraction of sp³-hybridized carbons (Fsp3) is 0.556. The van der Waals surface area contributed by atoms with Crippen LogP contribution in [0.4, 0.5) is 5.69 Å². The van der Waals surface area contributed by atoms with E-state index in [0.29, 0.717) is 13.1 Å². The second kappa shape index (κ2) is 6.95. The number of nitrogens with one attached hydrogen (secondary N) is 1. The van der Waals surface area contributed by atoms with E-state index >= 15 is 0 Å². The van der Waals surface area contributed by atoms with Gasteiger partial charge in [-0.25, -0.2) is 0 Å². The van der Waals surface area contributed by atoms with Crippen LogP contribution in [0.1, 0.15) is 37.8 Å². The number of amides is 2. The van der Waals surface area contributed by atoms with Crippen LogP contribution >= 0.6 is 0 Å². The summed E-state index contributed by atoms with van der Waals surface area (Å²) in [6.45, 7) is 9.27. The van der Waals surface area contributed by atoms with Crippen LogP contribution in [0.5, 0.6) is 0 Å². The molecule has 1 aliphatic rings. The molecule has 0 unspecified atom stereocenters. The lowest BCUT2D eigenvalue weighted by atomic mass is 9.94. The van der Waals surface area contributed by atoms with E-state index in [1.165, 1.54) is 5.56 Å². The van der Waals surface area contributed by atoms with Crippen molar-refractivity contribution in [3.8, 4) is 0 Å². The van der Waals surface area contributed by atoms with Crippen LogP contribution in [0.2, 0.25) is 0 Å². The van der Waals surface area contributed by atoms with Crippen molar-refractivity contribution in [2.45, 2.75) is 40.5 Å². The van der Waals surface area contributed by atoms with E-state index in [1.54, 1.807) is 0 Å². The van der Waals surface area contributed by atoms with Gasteiger partial charge in [0.1, 0.15) is 0 Å². The van der Waals surface area contributed by atoms with Crippen molar-refractivity contribution in [1.29, 1.82) is 0 Å². The molecular weight excluding hydrogens is 276 g/mol. The highest BCUT2D eigenvalue weighted by atomic mass is 16.2. The minimum absolute atomic E-state index is 0.00359. The minimum Gasteiger partial charge on any atom is -0.342 e. The highest BCUT2D eigenvalue weighted by Gasteiger charge is 2.28. The van der Waals surface area contributed by atoms with Gasteiger partial charge in [0.2, 0.25) is 11.8 Å². The average molecular weight is 302 g/mol. The first kappa shape index (κ1) is 16.5. The minimum atomic E-state index is -0.00359. The van der Waals surface area contributed by atoms with Gasteiger partial charge in [-0.15, -0.1) is 0 Å². The van der Waals surface area contributed by atoms with Gasteiger partial charge in [0, 0.05) is 30.6 Å². The molecule has 0 aromatic heterocycles. The highest BCUT2D eigenvalue weighted by Crippen LogP contribution is 2.23. The molecule has 1 heterocycles. The van der Waals surface area contributed by atoms with E-state index in [4.69, 9.17) is 0 Å². The summed E-state index contributed by atoms with van der Waals surface area (Å²) < 4.78 is 0. The summed E-state index contributed by atoms with van der Waals surface area (Å²) in [7, 11) is 0. The quantitative estimate of drug-likeness (QED) is 0.932. The maximum absolute atomic E-state index is 12.4. The number of aryl methyl sites for hydroxylation is 1. The second-order valence-corrected chi connectivity index (χ2v) is 6.49. The molecule has 1 aromatic rings. The molecule has 1 aromatic carbocycles. The monoisotopic (exact) mass is 302 g/mol. The van der Waals surface area contributed by atoms with Crippen LogP contribution in [0.3, 0.4) is 0 Å². The number of carbonyl (C=O) groups is 2. The van der Waals surface area contributed by atoms with Gasteiger partial charge in [0.25, 0.3) is 0 Å². The molecule has 2 rings (SSSR count). The van der Waals surface area contributed by atoms with E-state index in [-0.39, 0.29) is 23.7 Å². The molecule has 1 fully saturated rings. The summed E-state index contributed by atoms with van der Waals surface area (Å²) >= 11 is 0. The number of piperidine rings is 1. The average Bonchev–Trinajstić information content (AvgIpc) is 2.51. The van der Waals surface area contributed by atoms with Crippen LogP contribution in [0, 0.1) is 25.7 Å². The van der Waals surface area contributed by atoms with E-state index < -0.39 is 0 Å². The van der Waals surface area contributed by atoms with Crippen LogP contribution in [-0.2, 0) is 9.59 Å². The fourth-order valence-corrected chi connectivity index (χ4v) is 2.85. The van der Waals surface area contributed by atoms with Crippen LogP contribution < -0.4 is 5.32 Å². The number of hydrogen-bond acceptors (Lipinski definition) is 2. The second-order valence-electron chi connectivity index (χ2n) is 6.49. The molecule has 4 heteroatoms. The Labute approximate surface area is 132 Å². The van der Waals surface area contributed by atoms with Crippen molar-refractivity contribution in [3.63, 3.8) is 0 Å². The first-order chi connectivity index (χ1) is 10.4. The predicted molar refractivity (Wildman–Crippen MR) is 88.7 cm³/mol. The number of rotatable bonds is 3. The van der Waals surface area contributed by atoms with Gasteiger partial charge in [-0.05, 0) is 43.9 Å². The number of benzene rings is 1. The SMILES string of the molecule is Cc1cccc(NC(=O)C2CCN(C(=O)C(C)C)CC2)c1C. The summed E-state index contributed by atoms with van der Waals surface area (Å²) in [6.07, 6.45) is 1.49. The molecule has 0 atom stereocenters. The molecule has 0 bridgehead atoms. The van der Waals surface area contributed by atoms with Gasteiger partial charge >= 0.3 is 0 Å². The standard InChI is InChI=1S/C18H26N2O2/c1-12(2)18(22)20-10-8-15(9-11-20)17(21)19-16-7-5-6-13(3)14(16)4/h5-7,12,15H,8-11H2,1-4H3,(H,19,21).